The normalized spacial score (nSPS) is 18.6. The van der Waals surface area contributed by atoms with Crippen LogP contribution in [0.25, 0.3) is 10.9 Å². The number of pyridine rings is 1. The van der Waals surface area contributed by atoms with Crippen LogP contribution in [0.15, 0.2) is 47.8 Å². The molecule has 0 spiro atoms. The van der Waals surface area contributed by atoms with Crippen molar-refractivity contribution in [2.24, 2.45) is 0 Å². The van der Waals surface area contributed by atoms with Gasteiger partial charge in [0.25, 0.3) is 11.8 Å². The third-order valence-electron chi connectivity index (χ3n) is 5.73. The van der Waals surface area contributed by atoms with E-state index in [1.165, 1.54) is 6.42 Å². The minimum atomic E-state index is -3.18. The molecule has 2 aromatic rings. The molecule has 1 atom stereocenters. The quantitative estimate of drug-likeness (QED) is 0.679. The first-order valence-corrected chi connectivity index (χ1v) is 10.2. The molecule has 158 valence electrons. The highest BCUT2D eigenvalue weighted by atomic mass is 19.3. The lowest BCUT2D eigenvalue weighted by atomic mass is 9.93. The van der Waals surface area contributed by atoms with Gasteiger partial charge in [0.1, 0.15) is 0 Å². The minimum absolute atomic E-state index is 0.230. The average Bonchev–Trinajstić information content (AvgIpc) is 3.12. The molecule has 1 saturated carbocycles. The van der Waals surface area contributed by atoms with Crippen molar-refractivity contribution in [3.8, 4) is 0 Å². The van der Waals surface area contributed by atoms with Gasteiger partial charge in [0, 0.05) is 28.9 Å². The zero-order valence-corrected chi connectivity index (χ0v) is 16.5. The zero-order chi connectivity index (χ0) is 21.1. The van der Waals surface area contributed by atoms with E-state index in [0.29, 0.717) is 16.8 Å². The van der Waals surface area contributed by atoms with Crippen LogP contribution in [0.4, 0.5) is 8.78 Å². The number of rotatable bonds is 6. The third-order valence-corrected chi connectivity index (χ3v) is 5.73. The Hall–Kier alpha value is -3.03. The van der Waals surface area contributed by atoms with Crippen molar-refractivity contribution in [1.82, 2.24) is 20.9 Å². The first-order chi connectivity index (χ1) is 14.5. The van der Waals surface area contributed by atoms with Crippen LogP contribution in [0.3, 0.4) is 0 Å². The number of amides is 2. The summed E-state index contributed by atoms with van der Waals surface area (Å²) in [7, 11) is 0. The lowest BCUT2D eigenvalue weighted by Crippen LogP contribution is -2.38. The van der Waals surface area contributed by atoms with Gasteiger partial charge in [-0.25, -0.2) is 0 Å². The van der Waals surface area contributed by atoms with Gasteiger partial charge in [-0.15, -0.1) is 0 Å². The topological polar surface area (TPSA) is 83.1 Å². The molecule has 4 rings (SSSR count). The highest BCUT2D eigenvalue weighted by molar-refractivity contribution is 6.00. The summed E-state index contributed by atoms with van der Waals surface area (Å²) in [5, 5.41) is 9.39. The molecule has 0 radical (unpaired) electrons. The largest absolute Gasteiger partial charge is 0.384 e. The summed E-state index contributed by atoms with van der Waals surface area (Å²) in [6, 6.07) is 8.15. The Morgan fingerprint density at radius 3 is 2.67 bits per heavy atom. The van der Waals surface area contributed by atoms with E-state index >= 15 is 0 Å². The lowest BCUT2D eigenvalue weighted by Gasteiger charge is -2.26. The molecule has 1 aromatic heterocycles. The molecule has 3 N–H and O–H groups in total. The van der Waals surface area contributed by atoms with Crippen LogP contribution in [-0.2, 0) is 9.59 Å². The van der Waals surface area contributed by atoms with Gasteiger partial charge in [-0.05, 0) is 18.9 Å². The maximum atomic E-state index is 13.1. The van der Waals surface area contributed by atoms with Gasteiger partial charge >= 0.3 is 6.43 Å². The average molecular weight is 414 g/mol. The van der Waals surface area contributed by atoms with E-state index < -0.39 is 18.4 Å². The molecule has 8 heteroatoms. The number of fused-ring (bicyclic) bond motifs is 1. The van der Waals surface area contributed by atoms with Crippen molar-refractivity contribution in [3.05, 3.63) is 53.4 Å². The number of nitrogens with zero attached hydrogens (tertiary/aromatic N) is 1. The Kier molecular flexibility index (Phi) is 5.92. The first kappa shape index (κ1) is 20.3. The van der Waals surface area contributed by atoms with Gasteiger partial charge < -0.3 is 16.0 Å². The van der Waals surface area contributed by atoms with Crippen molar-refractivity contribution in [2.75, 3.05) is 6.54 Å². The maximum Gasteiger partial charge on any atom is 0.315 e. The van der Waals surface area contributed by atoms with E-state index in [2.05, 4.69) is 20.9 Å². The number of para-hydroxylation sites is 1. The fourth-order valence-corrected chi connectivity index (χ4v) is 4.30. The number of halogens is 2. The van der Waals surface area contributed by atoms with Crippen molar-refractivity contribution in [3.63, 3.8) is 0 Å². The molecule has 2 heterocycles. The molecule has 1 unspecified atom stereocenters. The molecular formula is C22H24F2N4O2. The molecule has 0 bridgehead atoms. The fraction of sp³-hybridized carbons (Fsp3) is 0.409. The van der Waals surface area contributed by atoms with Crippen LogP contribution in [0.1, 0.15) is 43.7 Å². The summed E-state index contributed by atoms with van der Waals surface area (Å²) in [5.41, 5.74) is 1.99. The van der Waals surface area contributed by atoms with E-state index in [-0.39, 0.29) is 24.1 Å². The standard InChI is InChI=1S/C22H24F2N4O2/c23-20(24)22(30)28-19(15-10-4-6-13-7-5-11-25-18(13)15)17-16(12-26-21(17)29)27-14-8-2-1-3-9-14/h4-7,10-11,14,19-20,27H,1-3,8-9,12H2,(H,26,29)(H,28,30). The molecule has 1 aliphatic heterocycles. The number of nitrogens with one attached hydrogen (secondary N) is 3. The van der Waals surface area contributed by atoms with Crippen molar-refractivity contribution >= 4 is 22.7 Å². The van der Waals surface area contributed by atoms with E-state index in [1.54, 1.807) is 24.4 Å². The zero-order valence-electron chi connectivity index (χ0n) is 16.5. The van der Waals surface area contributed by atoms with E-state index in [0.717, 1.165) is 31.1 Å². The van der Waals surface area contributed by atoms with Gasteiger partial charge in [0.15, 0.2) is 0 Å². The van der Waals surface area contributed by atoms with Crippen LogP contribution in [0.2, 0.25) is 0 Å². The van der Waals surface area contributed by atoms with Crippen LogP contribution in [0.5, 0.6) is 0 Å². The Balaban J connectivity index is 1.78. The molecule has 1 fully saturated rings. The minimum Gasteiger partial charge on any atom is -0.384 e. The highest BCUT2D eigenvalue weighted by Crippen LogP contribution is 2.32. The smallest absolute Gasteiger partial charge is 0.315 e. The molecular weight excluding hydrogens is 390 g/mol. The first-order valence-electron chi connectivity index (χ1n) is 10.2. The number of carbonyl (C=O) groups excluding carboxylic acids is 2. The van der Waals surface area contributed by atoms with E-state index in [1.807, 2.05) is 12.1 Å². The predicted molar refractivity (Wildman–Crippen MR) is 109 cm³/mol. The van der Waals surface area contributed by atoms with Gasteiger partial charge in [0.2, 0.25) is 0 Å². The number of hydrogen-bond donors (Lipinski definition) is 3. The molecule has 6 nitrogen and oxygen atoms in total. The fourth-order valence-electron chi connectivity index (χ4n) is 4.30. The van der Waals surface area contributed by atoms with E-state index in [4.69, 9.17) is 0 Å². The second kappa shape index (κ2) is 8.77. The van der Waals surface area contributed by atoms with Crippen LogP contribution in [0, 0.1) is 0 Å². The van der Waals surface area contributed by atoms with Gasteiger partial charge in [0.05, 0.1) is 23.7 Å². The summed E-state index contributed by atoms with van der Waals surface area (Å²) in [6.45, 7) is 0.282. The SMILES string of the molecule is O=C1NCC(NC2CCCCC2)=C1C(NC(=O)C(F)F)c1cccc2cccnc12. The molecule has 0 saturated heterocycles. The van der Waals surface area contributed by atoms with Gasteiger partial charge in [-0.3, -0.25) is 14.6 Å². The molecule has 2 amide bonds. The van der Waals surface area contributed by atoms with Crippen molar-refractivity contribution in [1.29, 1.82) is 0 Å². The van der Waals surface area contributed by atoms with Crippen molar-refractivity contribution in [2.45, 2.75) is 50.6 Å². The summed E-state index contributed by atoms with van der Waals surface area (Å²) < 4.78 is 26.2. The predicted octanol–water partition coefficient (Wildman–Crippen LogP) is 2.96. The number of hydrogen-bond acceptors (Lipinski definition) is 4. The number of alkyl halides is 2. The molecule has 1 aromatic carbocycles. The monoisotopic (exact) mass is 414 g/mol. The van der Waals surface area contributed by atoms with Crippen molar-refractivity contribution < 1.29 is 18.4 Å². The Labute approximate surface area is 173 Å². The third kappa shape index (κ3) is 4.13. The van der Waals surface area contributed by atoms with Gasteiger partial charge in [-0.2, -0.15) is 8.78 Å². The lowest BCUT2D eigenvalue weighted by molar-refractivity contribution is -0.132. The van der Waals surface area contributed by atoms with E-state index in [9.17, 15) is 18.4 Å². The molecule has 1 aliphatic carbocycles. The number of aromatic nitrogens is 1. The summed E-state index contributed by atoms with van der Waals surface area (Å²) in [6.07, 6.45) is 3.82. The number of benzene rings is 1. The molecule has 30 heavy (non-hydrogen) atoms. The highest BCUT2D eigenvalue weighted by Gasteiger charge is 2.35. The van der Waals surface area contributed by atoms with Crippen LogP contribution < -0.4 is 16.0 Å². The summed E-state index contributed by atoms with van der Waals surface area (Å²) in [4.78, 5) is 29.1. The number of carbonyl (C=O) groups is 2. The Bertz CT molecular complexity index is 981. The Morgan fingerprint density at radius 2 is 1.90 bits per heavy atom. The molecule has 2 aliphatic rings. The second-order valence-corrected chi connectivity index (χ2v) is 7.72. The Morgan fingerprint density at radius 1 is 1.13 bits per heavy atom. The van der Waals surface area contributed by atoms with Crippen LogP contribution in [-0.4, -0.2) is 35.8 Å². The van der Waals surface area contributed by atoms with Gasteiger partial charge in [-0.1, -0.05) is 43.5 Å². The second-order valence-electron chi connectivity index (χ2n) is 7.72. The maximum absolute atomic E-state index is 13.1. The van der Waals surface area contributed by atoms with Crippen LogP contribution >= 0.6 is 0 Å². The summed E-state index contributed by atoms with van der Waals surface area (Å²) in [5.74, 6) is -1.79. The summed E-state index contributed by atoms with van der Waals surface area (Å²) >= 11 is 0.